The first-order chi connectivity index (χ1) is 9.81. The molecule has 0 aromatic heterocycles. The first-order valence-corrected chi connectivity index (χ1v) is 8.05. The fraction of sp³-hybridized carbons (Fsp3) is 0.647. The smallest absolute Gasteiger partial charge is 0.128 e. The number of hydrogen-bond acceptors (Lipinski definition) is 2. The number of benzene rings is 1. The van der Waals surface area contributed by atoms with Gasteiger partial charge in [-0.2, -0.15) is 0 Å². The number of hydrogen-bond donors (Lipinski definition) is 1. The van der Waals surface area contributed by atoms with Crippen molar-refractivity contribution in [1.29, 1.82) is 0 Å². The molecular formula is C17H25FN2. The van der Waals surface area contributed by atoms with Crippen LogP contribution in [-0.4, -0.2) is 19.1 Å². The quantitative estimate of drug-likeness (QED) is 0.915. The molecule has 3 rings (SSSR count). The predicted molar refractivity (Wildman–Crippen MR) is 81.5 cm³/mol. The lowest BCUT2D eigenvalue weighted by atomic mass is 9.78. The summed E-state index contributed by atoms with van der Waals surface area (Å²) in [7, 11) is 0. The number of anilines is 1. The van der Waals surface area contributed by atoms with Crippen LogP contribution in [0.3, 0.4) is 0 Å². The average molecular weight is 276 g/mol. The third-order valence-corrected chi connectivity index (χ3v) is 5.04. The number of nitrogens with two attached hydrogens (primary N) is 1. The minimum absolute atomic E-state index is 0.0918. The Morgan fingerprint density at radius 1 is 1.15 bits per heavy atom. The minimum Gasteiger partial charge on any atom is -0.368 e. The van der Waals surface area contributed by atoms with Gasteiger partial charge in [0, 0.05) is 23.8 Å². The summed E-state index contributed by atoms with van der Waals surface area (Å²) in [6.07, 6.45) is 8.53. The molecule has 1 saturated carbocycles. The molecule has 2 fully saturated rings. The van der Waals surface area contributed by atoms with Gasteiger partial charge >= 0.3 is 0 Å². The maximum atomic E-state index is 14.1. The number of nitrogens with zero attached hydrogens (tertiary/aromatic N) is 1. The van der Waals surface area contributed by atoms with Crippen molar-refractivity contribution >= 4 is 5.69 Å². The summed E-state index contributed by atoms with van der Waals surface area (Å²) < 4.78 is 14.1. The van der Waals surface area contributed by atoms with E-state index < -0.39 is 0 Å². The van der Waals surface area contributed by atoms with Crippen LogP contribution in [-0.2, 0) is 6.42 Å². The van der Waals surface area contributed by atoms with Crippen molar-refractivity contribution < 1.29 is 4.39 Å². The Kier molecular flexibility index (Phi) is 4.25. The summed E-state index contributed by atoms with van der Waals surface area (Å²) in [5, 5.41) is 0. The third kappa shape index (κ3) is 2.56. The van der Waals surface area contributed by atoms with Crippen LogP contribution in [0, 0.1) is 11.7 Å². The van der Waals surface area contributed by atoms with Gasteiger partial charge < -0.3 is 10.6 Å². The van der Waals surface area contributed by atoms with Crippen LogP contribution in [0.2, 0.25) is 0 Å². The van der Waals surface area contributed by atoms with Gasteiger partial charge in [-0.1, -0.05) is 18.9 Å². The van der Waals surface area contributed by atoms with E-state index in [2.05, 4.69) is 11.0 Å². The molecule has 1 aromatic rings. The zero-order chi connectivity index (χ0) is 13.9. The highest BCUT2D eigenvalue weighted by Crippen LogP contribution is 2.39. The van der Waals surface area contributed by atoms with E-state index in [1.807, 2.05) is 6.07 Å². The van der Waals surface area contributed by atoms with Gasteiger partial charge in [0.15, 0.2) is 0 Å². The SMILES string of the molecule is NCCc1c(F)cccc1N1CCC[C@H]2CCCC[C@H]21. The molecule has 0 amide bonds. The monoisotopic (exact) mass is 276 g/mol. The second kappa shape index (κ2) is 6.13. The van der Waals surface area contributed by atoms with Crippen molar-refractivity contribution in [3.8, 4) is 0 Å². The van der Waals surface area contributed by atoms with E-state index in [0.717, 1.165) is 23.7 Å². The van der Waals surface area contributed by atoms with Crippen LogP contribution in [0.25, 0.3) is 0 Å². The molecule has 2 nitrogen and oxygen atoms in total. The van der Waals surface area contributed by atoms with E-state index in [1.54, 1.807) is 6.07 Å². The van der Waals surface area contributed by atoms with E-state index in [4.69, 9.17) is 5.73 Å². The molecule has 2 N–H and O–H groups in total. The highest BCUT2D eigenvalue weighted by Gasteiger charge is 2.34. The van der Waals surface area contributed by atoms with E-state index in [0.29, 0.717) is 19.0 Å². The van der Waals surface area contributed by atoms with Crippen molar-refractivity contribution in [1.82, 2.24) is 0 Å². The van der Waals surface area contributed by atoms with Gasteiger partial charge in [-0.15, -0.1) is 0 Å². The van der Waals surface area contributed by atoms with Crippen LogP contribution in [0.15, 0.2) is 18.2 Å². The maximum absolute atomic E-state index is 14.1. The van der Waals surface area contributed by atoms with E-state index >= 15 is 0 Å². The second-order valence-electron chi connectivity index (χ2n) is 6.22. The van der Waals surface area contributed by atoms with Crippen molar-refractivity contribution in [3.63, 3.8) is 0 Å². The van der Waals surface area contributed by atoms with Gasteiger partial charge in [-0.25, -0.2) is 4.39 Å². The summed E-state index contributed by atoms with van der Waals surface area (Å²) in [4.78, 5) is 2.49. The Labute approximate surface area is 121 Å². The number of rotatable bonds is 3. The Morgan fingerprint density at radius 2 is 1.95 bits per heavy atom. The third-order valence-electron chi connectivity index (χ3n) is 5.04. The molecule has 0 radical (unpaired) electrons. The van der Waals surface area contributed by atoms with Gasteiger partial charge in [-0.05, 0) is 56.7 Å². The van der Waals surface area contributed by atoms with E-state index in [1.165, 1.54) is 38.5 Å². The molecule has 1 heterocycles. The number of fused-ring (bicyclic) bond motifs is 1. The first kappa shape index (κ1) is 13.9. The molecule has 0 spiro atoms. The summed E-state index contributed by atoms with van der Waals surface area (Å²) in [5.74, 6) is 0.720. The summed E-state index contributed by atoms with van der Waals surface area (Å²) in [6, 6.07) is 6.12. The summed E-state index contributed by atoms with van der Waals surface area (Å²) in [6.45, 7) is 1.58. The Bertz CT molecular complexity index is 458. The predicted octanol–water partition coefficient (Wildman–Crippen LogP) is 3.49. The lowest BCUT2D eigenvalue weighted by Gasteiger charge is -2.46. The van der Waals surface area contributed by atoms with Crippen molar-refractivity contribution in [2.45, 2.75) is 51.0 Å². The molecule has 1 saturated heterocycles. The van der Waals surface area contributed by atoms with Gasteiger partial charge in [-0.3, -0.25) is 0 Å². The first-order valence-electron chi connectivity index (χ1n) is 8.05. The Morgan fingerprint density at radius 3 is 2.80 bits per heavy atom. The van der Waals surface area contributed by atoms with Gasteiger partial charge in [0.05, 0.1) is 0 Å². The van der Waals surface area contributed by atoms with Crippen LogP contribution in [0.4, 0.5) is 10.1 Å². The van der Waals surface area contributed by atoms with E-state index in [9.17, 15) is 4.39 Å². The second-order valence-corrected chi connectivity index (χ2v) is 6.22. The summed E-state index contributed by atoms with van der Waals surface area (Å²) >= 11 is 0. The highest BCUT2D eigenvalue weighted by molar-refractivity contribution is 5.55. The molecular weight excluding hydrogens is 251 g/mol. The zero-order valence-corrected chi connectivity index (χ0v) is 12.2. The topological polar surface area (TPSA) is 29.3 Å². The molecule has 3 heteroatoms. The molecule has 2 atom stereocenters. The minimum atomic E-state index is -0.0918. The largest absolute Gasteiger partial charge is 0.368 e. The normalized spacial score (nSPS) is 26.4. The average Bonchev–Trinajstić information content (AvgIpc) is 2.49. The van der Waals surface area contributed by atoms with E-state index in [-0.39, 0.29) is 5.82 Å². The molecule has 0 unspecified atom stereocenters. The zero-order valence-electron chi connectivity index (χ0n) is 12.2. The van der Waals surface area contributed by atoms with Crippen molar-refractivity contribution in [2.75, 3.05) is 18.0 Å². The van der Waals surface area contributed by atoms with Crippen LogP contribution in [0.1, 0.15) is 44.1 Å². The van der Waals surface area contributed by atoms with Crippen LogP contribution < -0.4 is 10.6 Å². The Balaban J connectivity index is 1.92. The highest BCUT2D eigenvalue weighted by atomic mass is 19.1. The molecule has 1 aliphatic heterocycles. The van der Waals surface area contributed by atoms with Gasteiger partial charge in [0.2, 0.25) is 0 Å². The van der Waals surface area contributed by atoms with Crippen LogP contribution >= 0.6 is 0 Å². The number of piperidine rings is 1. The van der Waals surface area contributed by atoms with Gasteiger partial charge in [0.1, 0.15) is 5.82 Å². The molecule has 2 aliphatic rings. The molecule has 110 valence electrons. The lowest BCUT2D eigenvalue weighted by molar-refractivity contribution is 0.243. The molecule has 1 aromatic carbocycles. The number of halogens is 1. The molecule has 0 bridgehead atoms. The maximum Gasteiger partial charge on any atom is 0.128 e. The summed E-state index contributed by atoms with van der Waals surface area (Å²) in [5.41, 5.74) is 7.60. The van der Waals surface area contributed by atoms with Gasteiger partial charge in [0.25, 0.3) is 0 Å². The van der Waals surface area contributed by atoms with Crippen LogP contribution in [0.5, 0.6) is 0 Å². The fourth-order valence-corrected chi connectivity index (χ4v) is 4.13. The van der Waals surface area contributed by atoms with Crippen molar-refractivity contribution in [3.05, 3.63) is 29.6 Å². The Hall–Kier alpha value is -1.09. The standard InChI is InChI=1S/C17H25FN2/c18-15-7-3-9-17(14(15)10-11-19)20-12-4-6-13-5-1-2-8-16(13)20/h3,7,9,13,16H,1-2,4-6,8,10-12,19H2/t13-,16-/m1/s1. The lowest BCUT2D eigenvalue weighted by Crippen LogP contribution is -2.47. The fourth-order valence-electron chi connectivity index (χ4n) is 4.13. The van der Waals surface area contributed by atoms with Crippen molar-refractivity contribution in [2.24, 2.45) is 11.7 Å². The molecule has 20 heavy (non-hydrogen) atoms. The molecule has 1 aliphatic carbocycles.